The molecule has 3 nitrogen and oxygen atoms in total. The van der Waals surface area contributed by atoms with Crippen molar-refractivity contribution in [2.24, 2.45) is 0 Å². The van der Waals surface area contributed by atoms with Gasteiger partial charge in [0.2, 0.25) is 0 Å². The van der Waals surface area contributed by atoms with Crippen LogP contribution in [0.2, 0.25) is 0 Å². The molecule has 0 fully saturated rings. The highest BCUT2D eigenvalue weighted by Gasteiger charge is 2.32. The Labute approximate surface area is 170 Å². The Morgan fingerprint density at radius 3 is 2.04 bits per heavy atom. The molecule has 0 bridgehead atoms. The highest BCUT2D eigenvalue weighted by atomic mass is 16.6. The molecule has 28 heavy (non-hydrogen) atoms. The van der Waals surface area contributed by atoms with Gasteiger partial charge in [0.15, 0.2) is 0 Å². The van der Waals surface area contributed by atoms with E-state index in [2.05, 4.69) is 19.1 Å². The van der Waals surface area contributed by atoms with Crippen LogP contribution in [-0.4, -0.2) is 11.9 Å². The second-order valence-electron chi connectivity index (χ2n) is 8.02. The molecule has 0 aromatic heterocycles. The number of esters is 2. The van der Waals surface area contributed by atoms with Gasteiger partial charge in [0.25, 0.3) is 0 Å². The molecule has 3 heteroatoms. The van der Waals surface area contributed by atoms with Crippen molar-refractivity contribution in [2.75, 3.05) is 0 Å². The summed E-state index contributed by atoms with van der Waals surface area (Å²) in [6, 6.07) is 3.71. The number of hydrogen-bond donors (Lipinski definition) is 0. The first-order valence-corrected chi connectivity index (χ1v) is 11.2. The SMILES string of the molecule is CCCCCCCCCCCCC/C=C/Cc1cc(C)cc2c1C(=O)OC2=O. The van der Waals surface area contributed by atoms with Crippen LogP contribution in [0.15, 0.2) is 24.3 Å². The fourth-order valence-electron chi connectivity index (χ4n) is 3.87. The van der Waals surface area contributed by atoms with Crippen LogP contribution in [0.1, 0.15) is 116 Å². The summed E-state index contributed by atoms with van der Waals surface area (Å²) in [6.07, 6.45) is 21.0. The lowest BCUT2D eigenvalue weighted by Gasteiger charge is -2.04. The van der Waals surface area contributed by atoms with Gasteiger partial charge in [-0.05, 0) is 43.4 Å². The van der Waals surface area contributed by atoms with Gasteiger partial charge in [0.05, 0.1) is 11.1 Å². The number of benzene rings is 1. The van der Waals surface area contributed by atoms with Crippen molar-refractivity contribution in [3.05, 3.63) is 46.5 Å². The van der Waals surface area contributed by atoms with E-state index in [1.54, 1.807) is 6.07 Å². The Bertz CT molecular complexity index is 673. The van der Waals surface area contributed by atoms with Crippen LogP contribution in [0.25, 0.3) is 0 Å². The van der Waals surface area contributed by atoms with E-state index in [4.69, 9.17) is 4.74 Å². The molecule has 0 unspecified atom stereocenters. The third kappa shape index (κ3) is 7.26. The Morgan fingerprint density at radius 1 is 0.786 bits per heavy atom. The molecule has 2 rings (SSSR count). The van der Waals surface area contributed by atoms with Gasteiger partial charge < -0.3 is 4.74 Å². The lowest BCUT2D eigenvalue weighted by atomic mass is 9.97. The minimum atomic E-state index is -0.519. The molecule has 1 aliphatic heterocycles. The van der Waals surface area contributed by atoms with Gasteiger partial charge in [-0.15, -0.1) is 0 Å². The van der Waals surface area contributed by atoms with Crippen molar-refractivity contribution in [1.82, 2.24) is 0 Å². The van der Waals surface area contributed by atoms with Gasteiger partial charge >= 0.3 is 11.9 Å². The van der Waals surface area contributed by atoms with E-state index in [0.717, 1.165) is 17.5 Å². The zero-order chi connectivity index (χ0) is 20.2. The van der Waals surface area contributed by atoms with E-state index >= 15 is 0 Å². The average Bonchev–Trinajstić information content (AvgIpc) is 2.95. The molecule has 1 aliphatic rings. The van der Waals surface area contributed by atoms with Gasteiger partial charge in [-0.1, -0.05) is 89.4 Å². The number of cyclic esters (lactones) is 2. The summed E-state index contributed by atoms with van der Waals surface area (Å²) in [5.41, 5.74) is 2.74. The van der Waals surface area contributed by atoms with Crippen molar-refractivity contribution in [2.45, 2.75) is 97.3 Å². The summed E-state index contributed by atoms with van der Waals surface area (Å²) < 4.78 is 4.75. The van der Waals surface area contributed by atoms with E-state index in [1.165, 1.54) is 70.6 Å². The number of fused-ring (bicyclic) bond motifs is 1. The highest BCUT2D eigenvalue weighted by Crippen LogP contribution is 2.26. The molecule has 0 radical (unpaired) electrons. The fraction of sp³-hybridized carbons (Fsp3) is 0.600. The normalized spacial score (nSPS) is 13.4. The molecule has 0 amide bonds. The van der Waals surface area contributed by atoms with Crippen LogP contribution in [0.5, 0.6) is 0 Å². The summed E-state index contributed by atoms with van der Waals surface area (Å²) in [5.74, 6) is -1.02. The van der Waals surface area contributed by atoms with Gasteiger partial charge in [0.1, 0.15) is 0 Å². The standard InChI is InChI=1S/C25H36O3/c1-3-4-5-6-7-8-9-10-11-12-13-14-15-16-17-21-18-20(2)19-22-23(21)25(27)28-24(22)26/h15-16,18-19H,3-14,17H2,1-2H3/b16-15+. The summed E-state index contributed by atoms with van der Waals surface area (Å²) in [5, 5.41) is 0. The Hall–Kier alpha value is -1.90. The predicted octanol–water partition coefficient (Wildman–Crippen LogP) is 7.11. The number of aryl methyl sites for hydroxylation is 1. The summed E-state index contributed by atoms with van der Waals surface area (Å²) >= 11 is 0. The van der Waals surface area contributed by atoms with Gasteiger partial charge in [-0.25, -0.2) is 9.59 Å². The van der Waals surface area contributed by atoms with Crippen molar-refractivity contribution >= 4 is 11.9 Å². The first-order chi connectivity index (χ1) is 13.6. The van der Waals surface area contributed by atoms with Gasteiger partial charge in [-0.2, -0.15) is 0 Å². The van der Waals surface area contributed by atoms with Crippen molar-refractivity contribution in [3.63, 3.8) is 0 Å². The third-order valence-electron chi connectivity index (χ3n) is 5.45. The molecule has 1 aromatic rings. The maximum absolute atomic E-state index is 11.9. The van der Waals surface area contributed by atoms with E-state index in [9.17, 15) is 9.59 Å². The molecule has 0 atom stereocenters. The smallest absolute Gasteiger partial charge is 0.347 e. The fourth-order valence-corrected chi connectivity index (χ4v) is 3.87. The van der Waals surface area contributed by atoms with Crippen molar-refractivity contribution in [3.8, 4) is 0 Å². The third-order valence-corrected chi connectivity index (χ3v) is 5.45. The molecule has 0 saturated heterocycles. The second-order valence-corrected chi connectivity index (χ2v) is 8.02. The van der Waals surface area contributed by atoms with E-state index in [-0.39, 0.29) is 0 Å². The van der Waals surface area contributed by atoms with Crippen molar-refractivity contribution in [1.29, 1.82) is 0 Å². The number of allylic oxidation sites excluding steroid dienone is 2. The summed E-state index contributed by atoms with van der Waals surface area (Å²) in [7, 11) is 0. The number of rotatable bonds is 14. The molecule has 0 aliphatic carbocycles. The molecule has 0 saturated carbocycles. The number of ether oxygens (including phenoxy) is 1. The maximum Gasteiger partial charge on any atom is 0.347 e. The molecule has 0 N–H and O–H groups in total. The van der Waals surface area contributed by atoms with Crippen LogP contribution in [-0.2, 0) is 11.2 Å². The molecular weight excluding hydrogens is 348 g/mol. The summed E-state index contributed by atoms with van der Waals surface area (Å²) in [6.45, 7) is 4.20. The monoisotopic (exact) mass is 384 g/mol. The first kappa shape index (κ1) is 22.4. The Kier molecular flexibility index (Phi) is 10.0. The Morgan fingerprint density at radius 2 is 1.39 bits per heavy atom. The minimum absolute atomic E-state index is 0.416. The van der Waals surface area contributed by atoms with E-state index in [0.29, 0.717) is 17.5 Å². The maximum atomic E-state index is 11.9. The zero-order valence-corrected chi connectivity index (χ0v) is 17.7. The summed E-state index contributed by atoms with van der Waals surface area (Å²) in [4.78, 5) is 23.6. The van der Waals surface area contributed by atoms with Crippen LogP contribution < -0.4 is 0 Å². The lowest BCUT2D eigenvalue weighted by Crippen LogP contribution is -2.00. The largest absolute Gasteiger partial charge is 0.386 e. The van der Waals surface area contributed by atoms with Crippen LogP contribution >= 0.6 is 0 Å². The van der Waals surface area contributed by atoms with Crippen LogP contribution in [0.3, 0.4) is 0 Å². The van der Waals surface area contributed by atoms with Gasteiger partial charge in [0, 0.05) is 0 Å². The molecule has 154 valence electrons. The average molecular weight is 385 g/mol. The number of hydrogen-bond acceptors (Lipinski definition) is 3. The Balaban J connectivity index is 1.57. The van der Waals surface area contributed by atoms with Gasteiger partial charge in [-0.3, -0.25) is 0 Å². The van der Waals surface area contributed by atoms with Crippen LogP contribution in [0, 0.1) is 6.92 Å². The molecule has 0 spiro atoms. The van der Waals surface area contributed by atoms with E-state index in [1.807, 2.05) is 13.0 Å². The number of unbranched alkanes of at least 4 members (excludes halogenated alkanes) is 11. The predicted molar refractivity (Wildman–Crippen MR) is 115 cm³/mol. The number of carbonyl (C=O) groups is 2. The van der Waals surface area contributed by atoms with Crippen LogP contribution in [0.4, 0.5) is 0 Å². The number of carbonyl (C=O) groups excluding carboxylic acids is 2. The van der Waals surface area contributed by atoms with Crippen molar-refractivity contribution < 1.29 is 14.3 Å². The molecule has 1 aromatic carbocycles. The minimum Gasteiger partial charge on any atom is -0.386 e. The topological polar surface area (TPSA) is 43.4 Å². The molecular formula is C25H36O3. The second kappa shape index (κ2) is 12.5. The first-order valence-electron chi connectivity index (χ1n) is 11.2. The highest BCUT2D eigenvalue weighted by molar-refractivity contribution is 6.15. The molecule has 1 heterocycles. The lowest BCUT2D eigenvalue weighted by molar-refractivity contribution is 0.0443. The van der Waals surface area contributed by atoms with E-state index < -0.39 is 11.9 Å². The zero-order valence-electron chi connectivity index (χ0n) is 17.7. The quantitative estimate of drug-likeness (QED) is 0.149.